The topological polar surface area (TPSA) is 52.6 Å². The summed E-state index contributed by atoms with van der Waals surface area (Å²) in [5.41, 5.74) is 0. The second-order valence-corrected chi connectivity index (χ2v) is 10.4. The van der Waals surface area contributed by atoms with Crippen molar-refractivity contribution < 1.29 is 18.8 Å². The van der Waals surface area contributed by atoms with Gasteiger partial charge in [0.15, 0.2) is 8.32 Å². The Balaban J connectivity index is 3.49. The molecule has 0 unspecified atom stereocenters. The molecular weight excluding hydrogens is 292 g/mol. The molecule has 0 saturated heterocycles. The fraction of sp³-hybridized carbons (Fsp3) is 0.857. The van der Waals surface area contributed by atoms with Crippen molar-refractivity contribution in [2.24, 2.45) is 0 Å². The summed E-state index contributed by atoms with van der Waals surface area (Å²) in [7, 11) is 0.294. The van der Waals surface area contributed by atoms with Crippen LogP contribution in [0.2, 0.25) is 19.1 Å². The minimum atomic E-state index is -1.48. The summed E-state index contributed by atoms with van der Waals surface area (Å²) >= 11 is 3.95. The van der Waals surface area contributed by atoms with Crippen molar-refractivity contribution >= 4 is 32.7 Å². The first-order valence-corrected chi connectivity index (χ1v) is 11.0. The Bertz CT molecular complexity index is 295. The van der Waals surface area contributed by atoms with Crippen LogP contribution in [0.4, 0.5) is 0 Å². The van der Waals surface area contributed by atoms with E-state index in [1.165, 1.54) is 0 Å². The molecule has 20 heavy (non-hydrogen) atoms. The molecule has 0 aliphatic rings. The largest absolute Gasteiger partial charge is 0.466 e. The Labute approximate surface area is 129 Å². The second-order valence-electron chi connectivity index (χ2n) is 5.51. The van der Waals surface area contributed by atoms with E-state index in [2.05, 4.69) is 25.7 Å². The molecule has 0 bridgehead atoms. The molecule has 0 aromatic heterocycles. The molecule has 0 rings (SSSR count). The van der Waals surface area contributed by atoms with E-state index in [9.17, 15) is 9.59 Å². The van der Waals surface area contributed by atoms with Crippen LogP contribution in [-0.2, 0) is 18.8 Å². The Kier molecular flexibility index (Phi) is 11.2. The highest BCUT2D eigenvalue weighted by molar-refractivity contribution is 7.80. The van der Waals surface area contributed by atoms with E-state index in [1.807, 2.05) is 0 Å². The number of esters is 1. The third kappa shape index (κ3) is 11.5. The Morgan fingerprint density at radius 1 is 1.05 bits per heavy atom. The summed E-state index contributed by atoms with van der Waals surface area (Å²) in [6.45, 7) is 4.71. The maximum atomic E-state index is 11.6. The fourth-order valence-corrected chi connectivity index (χ4v) is 3.21. The van der Waals surface area contributed by atoms with Gasteiger partial charge in [0.1, 0.15) is 5.78 Å². The highest BCUT2D eigenvalue weighted by Crippen LogP contribution is 2.15. The summed E-state index contributed by atoms with van der Waals surface area (Å²) in [6.07, 6.45) is 4.05. The van der Waals surface area contributed by atoms with Crippen LogP contribution in [0.15, 0.2) is 0 Å². The maximum Gasteiger partial charge on any atom is 0.306 e. The summed E-state index contributed by atoms with van der Waals surface area (Å²) in [4.78, 5) is 22.7. The molecule has 0 aliphatic carbocycles. The van der Waals surface area contributed by atoms with Gasteiger partial charge in [-0.25, -0.2) is 0 Å². The summed E-state index contributed by atoms with van der Waals surface area (Å²) in [5, 5.41) is 0. The van der Waals surface area contributed by atoms with E-state index in [1.54, 1.807) is 7.11 Å². The summed E-state index contributed by atoms with van der Waals surface area (Å²) < 4.78 is 10.4. The number of ether oxygens (including phenoxy) is 1. The number of ketones is 1. The molecule has 0 amide bonds. The lowest BCUT2D eigenvalue weighted by Crippen LogP contribution is -2.27. The molecule has 0 radical (unpaired) electrons. The van der Waals surface area contributed by atoms with Crippen LogP contribution in [0, 0.1) is 0 Å². The summed E-state index contributed by atoms with van der Waals surface area (Å²) in [5.74, 6) is 0.519. The molecule has 0 aromatic carbocycles. The minimum Gasteiger partial charge on any atom is -0.466 e. The molecule has 4 nitrogen and oxygen atoms in total. The minimum absolute atomic E-state index is 0.237. The van der Waals surface area contributed by atoms with Crippen molar-refractivity contribution in [3.63, 3.8) is 0 Å². The van der Waals surface area contributed by atoms with E-state index in [0.29, 0.717) is 38.0 Å². The lowest BCUT2D eigenvalue weighted by Gasteiger charge is -2.19. The third-order valence-corrected chi connectivity index (χ3v) is 6.10. The van der Waals surface area contributed by atoms with Crippen molar-refractivity contribution in [1.82, 2.24) is 0 Å². The molecule has 118 valence electrons. The van der Waals surface area contributed by atoms with Crippen LogP contribution in [0.3, 0.4) is 0 Å². The first-order chi connectivity index (χ1) is 9.41. The number of unbranched alkanes of at least 4 members (excludes halogenated alkanes) is 1. The first-order valence-electron chi connectivity index (χ1n) is 7.24. The van der Waals surface area contributed by atoms with Gasteiger partial charge in [-0.1, -0.05) is 6.42 Å². The highest BCUT2D eigenvalue weighted by Gasteiger charge is 2.19. The number of carbonyl (C=O) groups is 2. The average Bonchev–Trinajstić information content (AvgIpc) is 2.40. The highest BCUT2D eigenvalue weighted by atomic mass is 32.1. The van der Waals surface area contributed by atoms with E-state index in [4.69, 9.17) is 9.16 Å². The molecule has 0 atom stereocenters. The number of Topliss-reactive ketones (excluding diaryl/α,β-unsaturated/α-hetero) is 1. The molecule has 0 spiro atoms. The standard InChI is InChI=1S/C14H28O4SSi/c1-17-20(2,3)12-5-4-7-13(15)8-6-10-18-14(16)9-11-19/h19H,4-12H2,1-3H3. The fourth-order valence-electron chi connectivity index (χ4n) is 1.72. The van der Waals surface area contributed by atoms with Gasteiger partial charge in [0.05, 0.1) is 13.0 Å². The average molecular weight is 321 g/mol. The predicted octanol–water partition coefficient (Wildman–Crippen LogP) is 3.22. The molecular formula is C14H28O4SSi. The van der Waals surface area contributed by atoms with E-state index in [-0.39, 0.29) is 11.8 Å². The van der Waals surface area contributed by atoms with Crippen molar-refractivity contribution in [2.45, 2.75) is 57.7 Å². The van der Waals surface area contributed by atoms with Gasteiger partial charge in [0, 0.05) is 25.7 Å². The number of rotatable bonds is 12. The Morgan fingerprint density at radius 2 is 1.70 bits per heavy atom. The lowest BCUT2D eigenvalue weighted by atomic mass is 10.1. The van der Waals surface area contributed by atoms with Gasteiger partial charge in [-0.15, -0.1) is 0 Å². The number of hydrogen-bond donors (Lipinski definition) is 1. The van der Waals surface area contributed by atoms with Gasteiger partial charge in [-0.3, -0.25) is 9.59 Å². The van der Waals surface area contributed by atoms with Crippen molar-refractivity contribution in [3.8, 4) is 0 Å². The number of carbonyl (C=O) groups excluding carboxylic acids is 2. The Morgan fingerprint density at radius 3 is 2.30 bits per heavy atom. The van der Waals surface area contributed by atoms with Crippen molar-refractivity contribution in [2.75, 3.05) is 19.5 Å². The zero-order valence-electron chi connectivity index (χ0n) is 12.9. The Hall–Kier alpha value is -0.333. The second kappa shape index (κ2) is 11.3. The van der Waals surface area contributed by atoms with Crippen LogP contribution < -0.4 is 0 Å². The number of thiol groups is 1. The quantitative estimate of drug-likeness (QED) is 0.260. The van der Waals surface area contributed by atoms with Gasteiger partial charge in [0.25, 0.3) is 0 Å². The predicted molar refractivity (Wildman–Crippen MR) is 86.8 cm³/mol. The normalized spacial score (nSPS) is 11.4. The van der Waals surface area contributed by atoms with Crippen LogP contribution in [0.5, 0.6) is 0 Å². The van der Waals surface area contributed by atoms with Crippen molar-refractivity contribution in [3.05, 3.63) is 0 Å². The maximum absolute atomic E-state index is 11.6. The molecule has 0 aliphatic heterocycles. The van der Waals surface area contributed by atoms with E-state index < -0.39 is 8.32 Å². The van der Waals surface area contributed by atoms with Gasteiger partial charge in [0.2, 0.25) is 0 Å². The molecule has 0 N–H and O–H groups in total. The molecule has 0 aromatic rings. The smallest absolute Gasteiger partial charge is 0.306 e. The van der Waals surface area contributed by atoms with Crippen LogP contribution in [-0.4, -0.2) is 39.5 Å². The SMILES string of the molecule is CO[Si](C)(C)CCCCC(=O)CCCOC(=O)CCS. The van der Waals surface area contributed by atoms with Gasteiger partial charge < -0.3 is 9.16 Å². The van der Waals surface area contributed by atoms with Gasteiger partial charge in [-0.05, 0) is 32.0 Å². The van der Waals surface area contributed by atoms with E-state index >= 15 is 0 Å². The first kappa shape index (κ1) is 19.7. The van der Waals surface area contributed by atoms with Crippen LogP contribution in [0.1, 0.15) is 38.5 Å². The lowest BCUT2D eigenvalue weighted by molar-refractivity contribution is -0.143. The zero-order chi connectivity index (χ0) is 15.4. The van der Waals surface area contributed by atoms with Gasteiger partial charge >= 0.3 is 5.97 Å². The molecule has 0 heterocycles. The van der Waals surface area contributed by atoms with Gasteiger partial charge in [-0.2, -0.15) is 12.6 Å². The molecule has 6 heteroatoms. The van der Waals surface area contributed by atoms with E-state index in [0.717, 1.165) is 18.9 Å². The number of hydrogen-bond acceptors (Lipinski definition) is 5. The van der Waals surface area contributed by atoms with Crippen LogP contribution in [0.25, 0.3) is 0 Å². The third-order valence-electron chi connectivity index (χ3n) is 3.22. The molecule has 0 fully saturated rings. The van der Waals surface area contributed by atoms with Crippen molar-refractivity contribution in [1.29, 1.82) is 0 Å². The molecule has 0 saturated carbocycles. The summed E-state index contributed by atoms with van der Waals surface area (Å²) in [6, 6.07) is 1.10. The van der Waals surface area contributed by atoms with Crippen LogP contribution >= 0.6 is 12.6 Å². The monoisotopic (exact) mass is 320 g/mol. The zero-order valence-corrected chi connectivity index (χ0v) is 14.8.